The predicted molar refractivity (Wildman–Crippen MR) is 64.6 cm³/mol. The first-order valence-corrected chi connectivity index (χ1v) is 5.66. The van der Waals surface area contributed by atoms with Crippen molar-refractivity contribution in [1.29, 1.82) is 0 Å². The highest BCUT2D eigenvalue weighted by atomic mass is 16.1. The minimum absolute atomic E-state index is 0.170. The Morgan fingerprint density at radius 3 is 2.53 bits per heavy atom. The summed E-state index contributed by atoms with van der Waals surface area (Å²) in [6.45, 7) is 14.2. The highest BCUT2D eigenvalue weighted by Crippen LogP contribution is 2.48. The normalized spacial score (nSPS) is 28.7. The van der Waals surface area contributed by atoms with E-state index in [-0.39, 0.29) is 5.78 Å². The van der Waals surface area contributed by atoms with Gasteiger partial charge in [0, 0.05) is 6.42 Å². The molecular weight excluding hydrogens is 184 g/mol. The fourth-order valence-corrected chi connectivity index (χ4v) is 2.83. The molecule has 0 unspecified atom stereocenters. The van der Waals surface area contributed by atoms with Crippen molar-refractivity contribution in [3.05, 3.63) is 24.8 Å². The molecule has 1 rings (SSSR count). The van der Waals surface area contributed by atoms with Crippen molar-refractivity contribution >= 4 is 5.78 Å². The first-order valence-electron chi connectivity index (χ1n) is 5.66. The molecule has 1 heteroatoms. The molecule has 0 aliphatic heterocycles. The second kappa shape index (κ2) is 4.34. The summed E-state index contributed by atoms with van der Waals surface area (Å²) in [5.74, 6) is 1.16. The molecule has 0 aromatic carbocycles. The standard InChI is InChI=1S/C14H22O/c1-6-12(15)7-11-8-14(4,5)9-13(11)10(2)3/h6,11,13H,1-2,7-9H2,3-5H3/t11-,13-/m0/s1. The van der Waals surface area contributed by atoms with Crippen molar-refractivity contribution in [3.8, 4) is 0 Å². The van der Waals surface area contributed by atoms with Gasteiger partial charge in [0.15, 0.2) is 5.78 Å². The van der Waals surface area contributed by atoms with Crippen LogP contribution in [-0.4, -0.2) is 5.78 Å². The zero-order valence-electron chi connectivity index (χ0n) is 10.2. The van der Waals surface area contributed by atoms with E-state index in [0.717, 1.165) is 12.8 Å². The van der Waals surface area contributed by atoms with Crippen LogP contribution in [0.5, 0.6) is 0 Å². The summed E-state index contributed by atoms with van der Waals surface area (Å²) < 4.78 is 0. The van der Waals surface area contributed by atoms with Crippen molar-refractivity contribution in [2.24, 2.45) is 17.3 Å². The first-order chi connectivity index (χ1) is 6.85. The van der Waals surface area contributed by atoms with Gasteiger partial charge in [-0.1, -0.05) is 32.6 Å². The van der Waals surface area contributed by atoms with Gasteiger partial charge in [-0.25, -0.2) is 0 Å². The van der Waals surface area contributed by atoms with Gasteiger partial charge in [-0.15, -0.1) is 0 Å². The minimum Gasteiger partial charge on any atom is -0.295 e. The van der Waals surface area contributed by atoms with Crippen molar-refractivity contribution in [2.75, 3.05) is 0 Å². The fourth-order valence-electron chi connectivity index (χ4n) is 2.83. The van der Waals surface area contributed by atoms with Gasteiger partial charge in [0.1, 0.15) is 0 Å². The van der Waals surface area contributed by atoms with E-state index in [9.17, 15) is 4.79 Å². The third kappa shape index (κ3) is 3.05. The van der Waals surface area contributed by atoms with Crippen LogP contribution in [0.4, 0.5) is 0 Å². The molecule has 1 aliphatic rings. The molecule has 0 spiro atoms. The summed E-state index contributed by atoms with van der Waals surface area (Å²) in [6.07, 6.45) is 4.38. The van der Waals surface area contributed by atoms with E-state index in [2.05, 4.69) is 33.9 Å². The Hall–Kier alpha value is -0.850. The zero-order chi connectivity index (χ0) is 11.6. The van der Waals surface area contributed by atoms with Gasteiger partial charge < -0.3 is 0 Å². The average molecular weight is 206 g/mol. The lowest BCUT2D eigenvalue weighted by Gasteiger charge is -2.18. The lowest BCUT2D eigenvalue weighted by molar-refractivity contribution is -0.115. The molecule has 0 aromatic rings. The van der Waals surface area contributed by atoms with Gasteiger partial charge in [0.25, 0.3) is 0 Å². The van der Waals surface area contributed by atoms with Gasteiger partial charge in [0.05, 0.1) is 0 Å². The van der Waals surface area contributed by atoms with E-state index in [1.807, 2.05) is 0 Å². The van der Waals surface area contributed by atoms with Gasteiger partial charge in [0.2, 0.25) is 0 Å². The molecule has 84 valence electrons. The predicted octanol–water partition coefficient (Wildman–Crippen LogP) is 3.76. The minimum atomic E-state index is 0.170. The molecule has 1 saturated carbocycles. The van der Waals surface area contributed by atoms with Crippen molar-refractivity contribution in [2.45, 2.75) is 40.0 Å². The van der Waals surface area contributed by atoms with Crippen LogP contribution in [0, 0.1) is 17.3 Å². The van der Waals surface area contributed by atoms with Crippen LogP contribution < -0.4 is 0 Å². The maximum atomic E-state index is 11.4. The maximum Gasteiger partial charge on any atom is 0.155 e. The van der Waals surface area contributed by atoms with Crippen molar-refractivity contribution in [1.82, 2.24) is 0 Å². The molecule has 15 heavy (non-hydrogen) atoms. The van der Waals surface area contributed by atoms with Crippen LogP contribution in [0.25, 0.3) is 0 Å². The Bertz CT molecular complexity index is 286. The van der Waals surface area contributed by atoms with Crippen LogP contribution in [-0.2, 0) is 4.79 Å². The molecule has 0 heterocycles. The van der Waals surface area contributed by atoms with Crippen LogP contribution in [0.1, 0.15) is 40.0 Å². The second-order valence-corrected chi connectivity index (χ2v) is 5.66. The van der Waals surface area contributed by atoms with E-state index in [1.54, 1.807) is 0 Å². The van der Waals surface area contributed by atoms with E-state index < -0.39 is 0 Å². The Kier molecular flexibility index (Phi) is 3.54. The Balaban J connectivity index is 2.73. The summed E-state index contributed by atoms with van der Waals surface area (Å²) in [6, 6.07) is 0. The Morgan fingerprint density at radius 1 is 1.47 bits per heavy atom. The highest BCUT2D eigenvalue weighted by Gasteiger charge is 2.39. The first kappa shape index (κ1) is 12.2. The summed E-state index contributed by atoms with van der Waals surface area (Å²) in [5, 5.41) is 0. The monoisotopic (exact) mass is 206 g/mol. The third-order valence-corrected chi connectivity index (χ3v) is 3.48. The summed E-state index contributed by atoms with van der Waals surface area (Å²) >= 11 is 0. The van der Waals surface area contributed by atoms with Gasteiger partial charge in [-0.2, -0.15) is 0 Å². The maximum absolute atomic E-state index is 11.4. The van der Waals surface area contributed by atoms with Crippen molar-refractivity contribution < 1.29 is 4.79 Å². The summed E-state index contributed by atoms with van der Waals surface area (Å²) in [5.41, 5.74) is 1.58. The molecule has 0 aromatic heterocycles. The van der Waals surface area contributed by atoms with Crippen LogP contribution in [0.3, 0.4) is 0 Å². The molecule has 0 N–H and O–H groups in total. The van der Waals surface area contributed by atoms with Gasteiger partial charge in [-0.3, -0.25) is 4.79 Å². The molecule has 1 aliphatic carbocycles. The molecule has 0 saturated heterocycles. The summed E-state index contributed by atoms with van der Waals surface area (Å²) in [7, 11) is 0. The van der Waals surface area contributed by atoms with Crippen LogP contribution >= 0.6 is 0 Å². The number of allylic oxidation sites excluding steroid dienone is 2. The molecule has 2 atom stereocenters. The Labute approximate surface area is 93.3 Å². The number of rotatable bonds is 4. The number of hydrogen-bond acceptors (Lipinski definition) is 1. The number of ketones is 1. The number of hydrogen-bond donors (Lipinski definition) is 0. The van der Waals surface area contributed by atoms with E-state index in [4.69, 9.17) is 0 Å². The second-order valence-electron chi connectivity index (χ2n) is 5.66. The fraction of sp³-hybridized carbons (Fsp3) is 0.643. The van der Waals surface area contributed by atoms with E-state index in [1.165, 1.54) is 11.6 Å². The molecule has 1 nitrogen and oxygen atoms in total. The molecular formula is C14H22O. The quantitative estimate of drug-likeness (QED) is 0.505. The lowest BCUT2D eigenvalue weighted by atomic mass is 9.87. The molecule has 0 amide bonds. The van der Waals surface area contributed by atoms with E-state index in [0.29, 0.717) is 23.7 Å². The lowest BCUT2D eigenvalue weighted by Crippen LogP contribution is -2.12. The highest BCUT2D eigenvalue weighted by molar-refractivity contribution is 5.89. The molecule has 0 radical (unpaired) electrons. The van der Waals surface area contributed by atoms with Crippen molar-refractivity contribution in [3.63, 3.8) is 0 Å². The number of carbonyl (C=O) groups is 1. The average Bonchev–Trinajstić information content (AvgIpc) is 2.41. The van der Waals surface area contributed by atoms with Crippen LogP contribution in [0.15, 0.2) is 24.8 Å². The Morgan fingerprint density at radius 2 is 2.07 bits per heavy atom. The zero-order valence-corrected chi connectivity index (χ0v) is 10.2. The molecule has 0 bridgehead atoms. The van der Waals surface area contributed by atoms with Crippen LogP contribution in [0.2, 0.25) is 0 Å². The van der Waals surface area contributed by atoms with Gasteiger partial charge >= 0.3 is 0 Å². The van der Waals surface area contributed by atoms with Gasteiger partial charge in [-0.05, 0) is 43.1 Å². The van der Waals surface area contributed by atoms with E-state index >= 15 is 0 Å². The third-order valence-electron chi connectivity index (χ3n) is 3.48. The summed E-state index contributed by atoms with van der Waals surface area (Å²) in [4.78, 5) is 11.4. The SMILES string of the molecule is C=CC(=O)C[C@H]1CC(C)(C)C[C@H]1C(=C)C. The number of carbonyl (C=O) groups excluding carboxylic acids is 1. The smallest absolute Gasteiger partial charge is 0.155 e. The molecule has 1 fully saturated rings. The topological polar surface area (TPSA) is 17.1 Å². The largest absolute Gasteiger partial charge is 0.295 e.